The van der Waals surface area contributed by atoms with E-state index in [1.165, 1.54) is 6.92 Å². The zero-order chi connectivity index (χ0) is 15.7. The Morgan fingerprint density at radius 2 is 1.95 bits per heavy atom. The predicted octanol–water partition coefficient (Wildman–Crippen LogP) is 1.70. The van der Waals surface area contributed by atoms with Crippen LogP contribution in [0.5, 0.6) is 0 Å². The van der Waals surface area contributed by atoms with Gasteiger partial charge in [-0.05, 0) is 22.9 Å². The maximum absolute atomic E-state index is 12.0. The van der Waals surface area contributed by atoms with E-state index in [4.69, 9.17) is 10.2 Å². The zero-order valence-corrected chi connectivity index (χ0v) is 11.8. The lowest BCUT2D eigenvalue weighted by molar-refractivity contribution is -0.118. The summed E-state index contributed by atoms with van der Waals surface area (Å²) >= 11 is 0. The highest BCUT2D eigenvalue weighted by Gasteiger charge is 2.11. The highest BCUT2D eigenvalue weighted by molar-refractivity contribution is 6.08. The first-order chi connectivity index (χ1) is 10.6. The van der Waals surface area contributed by atoms with Crippen molar-refractivity contribution in [2.24, 2.45) is 10.8 Å². The van der Waals surface area contributed by atoms with Crippen LogP contribution in [-0.4, -0.2) is 11.7 Å². The summed E-state index contributed by atoms with van der Waals surface area (Å²) in [6, 6.07) is 13.0. The quantitative estimate of drug-likeness (QED) is 0.247. The van der Waals surface area contributed by atoms with Crippen LogP contribution in [0.4, 0.5) is 0 Å². The third-order valence-corrected chi connectivity index (χ3v) is 3.25. The molecule has 0 bridgehead atoms. The van der Waals surface area contributed by atoms with E-state index in [0.29, 0.717) is 5.58 Å². The average Bonchev–Trinajstić information content (AvgIpc) is 2.51. The summed E-state index contributed by atoms with van der Waals surface area (Å²) < 4.78 is 5.30. The van der Waals surface area contributed by atoms with E-state index in [2.05, 4.69) is 10.5 Å². The summed E-state index contributed by atoms with van der Waals surface area (Å²) in [5.41, 5.74) is 7.93. The number of nitrogens with one attached hydrogen (secondary N) is 1. The molecule has 0 radical (unpaired) electrons. The van der Waals surface area contributed by atoms with Gasteiger partial charge < -0.3 is 10.2 Å². The number of amidine groups is 1. The minimum absolute atomic E-state index is 0.0983. The molecular weight excluding hydrogens is 282 g/mol. The van der Waals surface area contributed by atoms with Crippen LogP contribution < -0.4 is 16.8 Å². The number of nitrogens with two attached hydrogens (primary N) is 1. The number of amides is 1. The summed E-state index contributed by atoms with van der Waals surface area (Å²) in [7, 11) is 0. The second-order valence-corrected chi connectivity index (χ2v) is 4.81. The number of fused-ring (bicyclic) bond motifs is 3. The smallest absolute Gasteiger partial charge is 0.347 e. The van der Waals surface area contributed by atoms with Gasteiger partial charge in [0.25, 0.3) is 0 Å². The van der Waals surface area contributed by atoms with Gasteiger partial charge in [0.15, 0.2) is 5.84 Å². The molecule has 22 heavy (non-hydrogen) atoms. The van der Waals surface area contributed by atoms with Crippen LogP contribution in [0.3, 0.4) is 0 Å². The molecule has 1 amide bonds. The van der Waals surface area contributed by atoms with Gasteiger partial charge in [0.05, 0.1) is 0 Å². The number of hydrazone groups is 1. The summed E-state index contributed by atoms with van der Waals surface area (Å²) in [6.07, 6.45) is 0. The number of rotatable bonds is 2. The minimum atomic E-state index is -0.602. The number of carbonyl (C=O) groups excluding carboxylic acids is 1. The Hall–Kier alpha value is -3.15. The van der Waals surface area contributed by atoms with Crippen LogP contribution in [-0.2, 0) is 4.79 Å². The van der Waals surface area contributed by atoms with Crippen molar-refractivity contribution in [3.05, 3.63) is 58.4 Å². The van der Waals surface area contributed by atoms with E-state index >= 15 is 0 Å². The van der Waals surface area contributed by atoms with E-state index in [1.807, 2.05) is 30.3 Å². The Morgan fingerprint density at radius 1 is 1.18 bits per heavy atom. The van der Waals surface area contributed by atoms with Gasteiger partial charge in [-0.2, -0.15) is 5.10 Å². The molecular formula is C16H13N3O3. The summed E-state index contributed by atoms with van der Waals surface area (Å²) in [5.74, 6) is -0.475. The molecule has 0 atom stereocenters. The Morgan fingerprint density at radius 3 is 2.73 bits per heavy atom. The maximum Gasteiger partial charge on any atom is 0.347 e. The minimum Gasteiger partial charge on any atom is -0.422 e. The van der Waals surface area contributed by atoms with Gasteiger partial charge >= 0.3 is 5.63 Å². The van der Waals surface area contributed by atoms with E-state index in [9.17, 15) is 9.59 Å². The Kier molecular flexibility index (Phi) is 3.34. The number of hydrogen-bond donors (Lipinski definition) is 2. The molecule has 2 aromatic carbocycles. The molecule has 0 unspecified atom stereocenters. The third-order valence-electron chi connectivity index (χ3n) is 3.25. The van der Waals surface area contributed by atoms with E-state index in [-0.39, 0.29) is 17.3 Å². The molecule has 110 valence electrons. The summed E-state index contributed by atoms with van der Waals surface area (Å²) in [5, 5.41) is 6.40. The first kappa shape index (κ1) is 13.8. The van der Waals surface area contributed by atoms with Crippen LogP contribution in [0.1, 0.15) is 12.5 Å². The van der Waals surface area contributed by atoms with E-state index in [1.54, 1.807) is 12.1 Å². The number of carbonyl (C=O) groups is 1. The Balaban J connectivity index is 2.26. The van der Waals surface area contributed by atoms with Gasteiger partial charge in [0, 0.05) is 12.3 Å². The topological polar surface area (TPSA) is 97.7 Å². The van der Waals surface area contributed by atoms with Gasteiger partial charge in [-0.3, -0.25) is 4.79 Å². The maximum atomic E-state index is 12.0. The fourth-order valence-corrected chi connectivity index (χ4v) is 2.25. The van der Waals surface area contributed by atoms with Crippen molar-refractivity contribution >= 4 is 33.5 Å². The van der Waals surface area contributed by atoms with Gasteiger partial charge in [0.1, 0.15) is 11.1 Å². The SMILES string of the molecule is CC(=O)NN=C(N)c1cc2c(ccc3ccccc32)oc1=O. The van der Waals surface area contributed by atoms with Crippen molar-refractivity contribution < 1.29 is 9.21 Å². The van der Waals surface area contributed by atoms with Crippen molar-refractivity contribution in [3.8, 4) is 0 Å². The third kappa shape index (κ3) is 2.42. The molecule has 0 fully saturated rings. The lowest BCUT2D eigenvalue weighted by Crippen LogP contribution is -2.26. The molecule has 3 rings (SSSR count). The number of hydrogen-bond acceptors (Lipinski definition) is 4. The van der Waals surface area contributed by atoms with Crippen LogP contribution >= 0.6 is 0 Å². The number of benzene rings is 2. The second-order valence-electron chi connectivity index (χ2n) is 4.81. The highest BCUT2D eigenvalue weighted by Crippen LogP contribution is 2.24. The fraction of sp³-hybridized carbons (Fsp3) is 0.0625. The summed E-state index contributed by atoms with van der Waals surface area (Å²) in [4.78, 5) is 22.9. The lowest BCUT2D eigenvalue weighted by atomic mass is 10.0. The highest BCUT2D eigenvalue weighted by atomic mass is 16.4. The normalized spacial score (nSPS) is 11.8. The van der Waals surface area contributed by atoms with Crippen LogP contribution in [0.25, 0.3) is 21.7 Å². The second kappa shape index (κ2) is 5.33. The molecule has 6 nitrogen and oxygen atoms in total. The number of nitrogens with zero attached hydrogens (tertiary/aromatic N) is 1. The van der Waals surface area contributed by atoms with Crippen LogP contribution in [0, 0.1) is 0 Å². The van der Waals surface area contributed by atoms with Gasteiger partial charge in [-0.1, -0.05) is 30.3 Å². The van der Waals surface area contributed by atoms with Crippen molar-refractivity contribution in [1.82, 2.24) is 5.43 Å². The van der Waals surface area contributed by atoms with E-state index in [0.717, 1.165) is 16.2 Å². The molecule has 0 aliphatic rings. The van der Waals surface area contributed by atoms with Gasteiger partial charge in [-0.25, -0.2) is 10.2 Å². The van der Waals surface area contributed by atoms with Crippen LogP contribution in [0.2, 0.25) is 0 Å². The van der Waals surface area contributed by atoms with Crippen LogP contribution in [0.15, 0.2) is 56.8 Å². The van der Waals surface area contributed by atoms with Crippen molar-refractivity contribution in [2.75, 3.05) is 0 Å². The molecule has 0 spiro atoms. The monoisotopic (exact) mass is 295 g/mol. The van der Waals surface area contributed by atoms with Gasteiger partial charge in [-0.15, -0.1) is 0 Å². The molecule has 3 N–H and O–H groups in total. The fourth-order valence-electron chi connectivity index (χ4n) is 2.25. The Bertz CT molecular complexity index is 973. The molecule has 6 heteroatoms. The molecule has 3 aromatic rings. The molecule has 0 aliphatic heterocycles. The molecule has 0 saturated heterocycles. The standard InChI is InChI=1S/C16H13N3O3/c1-9(20)18-19-15(17)13-8-12-11-5-3-2-4-10(11)6-7-14(12)22-16(13)21/h2-8H,1H3,(H2,17,19)(H,18,20). The van der Waals surface area contributed by atoms with E-state index < -0.39 is 5.63 Å². The Labute approximate surface area is 125 Å². The molecule has 0 aliphatic carbocycles. The first-order valence-electron chi connectivity index (χ1n) is 6.62. The molecule has 0 saturated carbocycles. The largest absolute Gasteiger partial charge is 0.422 e. The average molecular weight is 295 g/mol. The first-order valence-corrected chi connectivity index (χ1v) is 6.62. The van der Waals surface area contributed by atoms with Crippen molar-refractivity contribution in [2.45, 2.75) is 6.92 Å². The lowest BCUT2D eigenvalue weighted by Gasteiger charge is -2.05. The molecule has 1 heterocycles. The summed E-state index contributed by atoms with van der Waals surface area (Å²) in [6.45, 7) is 1.30. The van der Waals surface area contributed by atoms with Crippen molar-refractivity contribution in [1.29, 1.82) is 0 Å². The molecule has 1 aromatic heterocycles. The zero-order valence-electron chi connectivity index (χ0n) is 11.8. The van der Waals surface area contributed by atoms with Crippen molar-refractivity contribution in [3.63, 3.8) is 0 Å². The predicted molar refractivity (Wildman–Crippen MR) is 84.5 cm³/mol. The van der Waals surface area contributed by atoms with Gasteiger partial charge in [0.2, 0.25) is 5.91 Å².